The number of rotatable bonds is 3. The first-order chi connectivity index (χ1) is 11.8. The SMILES string of the molecule is OC1CN(C[C@@H]2CCN(c3ccccc3C(F)(F)F)C2)CC(O)C1O. The molecule has 2 heterocycles. The monoisotopic (exact) mass is 360 g/mol. The Labute approximate surface area is 144 Å². The molecule has 25 heavy (non-hydrogen) atoms. The molecule has 3 rings (SSSR count). The Bertz CT molecular complexity index is 587. The molecule has 2 saturated heterocycles. The van der Waals surface area contributed by atoms with Gasteiger partial charge in [0.05, 0.1) is 17.8 Å². The molecule has 5 nitrogen and oxygen atoms in total. The highest BCUT2D eigenvalue weighted by molar-refractivity contribution is 5.55. The molecule has 0 amide bonds. The highest BCUT2D eigenvalue weighted by Crippen LogP contribution is 2.38. The number of benzene rings is 1. The van der Waals surface area contributed by atoms with Gasteiger partial charge in [-0.05, 0) is 24.5 Å². The Balaban J connectivity index is 1.63. The van der Waals surface area contributed by atoms with E-state index in [4.69, 9.17) is 0 Å². The van der Waals surface area contributed by atoms with Crippen LogP contribution in [-0.4, -0.2) is 71.3 Å². The van der Waals surface area contributed by atoms with Crippen LogP contribution in [0, 0.1) is 5.92 Å². The number of hydrogen-bond acceptors (Lipinski definition) is 5. The fraction of sp³-hybridized carbons (Fsp3) is 0.647. The first-order valence-corrected chi connectivity index (χ1v) is 8.43. The number of anilines is 1. The van der Waals surface area contributed by atoms with Crippen LogP contribution in [0.5, 0.6) is 0 Å². The highest BCUT2D eigenvalue weighted by Gasteiger charge is 2.38. The average Bonchev–Trinajstić information content (AvgIpc) is 3.00. The molecule has 3 N–H and O–H groups in total. The van der Waals surface area contributed by atoms with Crippen molar-refractivity contribution in [3.05, 3.63) is 29.8 Å². The first kappa shape index (κ1) is 18.4. The van der Waals surface area contributed by atoms with E-state index < -0.39 is 30.1 Å². The zero-order chi connectivity index (χ0) is 18.2. The van der Waals surface area contributed by atoms with Crippen molar-refractivity contribution < 1.29 is 28.5 Å². The molecule has 0 aromatic heterocycles. The van der Waals surface area contributed by atoms with E-state index in [9.17, 15) is 28.5 Å². The number of aliphatic hydroxyl groups is 3. The first-order valence-electron chi connectivity index (χ1n) is 8.43. The maximum atomic E-state index is 13.2. The summed E-state index contributed by atoms with van der Waals surface area (Å²) in [6.45, 7) is 2.13. The van der Waals surface area contributed by atoms with Gasteiger partial charge in [-0.15, -0.1) is 0 Å². The number of aliphatic hydroxyl groups excluding tert-OH is 3. The number of nitrogens with zero attached hydrogens (tertiary/aromatic N) is 2. The summed E-state index contributed by atoms with van der Waals surface area (Å²) in [7, 11) is 0. The van der Waals surface area contributed by atoms with Crippen LogP contribution in [0.1, 0.15) is 12.0 Å². The van der Waals surface area contributed by atoms with Crippen molar-refractivity contribution in [1.82, 2.24) is 4.90 Å². The Kier molecular flexibility index (Phi) is 5.24. The fourth-order valence-electron chi connectivity index (χ4n) is 3.78. The zero-order valence-corrected chi connectivity index (χ0v) is 13.7. The number of piperidine rings is 1. The quantitative estimate of drug-likeness (QED) is 0.748. The predicted octanol–water partition coefficient (Wildman–Crippen LogP) is 0.930. The van der Waals surface area contributed by atoms with Gasteiger partial charge in [-0.2, -0.15) is 13.2 Å². The minimum atomic E-state index is -4.38. The number of β-amino-alcohol motifs (C(OH)–C–C–N with tert-alkyl or cyclic N) is 2. The third-order valence-electron chi connectivity index (χ3n) is 5.03. The molecule has 0 aliphatic carbocycles. The van der Waals surface area contributed by atoms with E-state index in [1.165, 1.54) is 12.1 Å². The number of halogens is 3. The lowest BCUT2D eigenvalue weighted by Gasteiger charge is -2.38. The molecule has 0 bridgehead atoms. The topological polar surface area (TPSA) is 67.2 Å². The summed E-state index contributed by atoms with van der Waals surface area (Å²) in [4.78, 5) is 3.62. The van der Waals surface area contributed by atoms with Crippen LogP contribution in [0.15, 0.2) is 24.3 Å². The molecule has 1 aromatic carbocycles. The van der Waals surface area contributed by atoms with Gasteiger partial charge in [-0.3, -0.25) is 4.90 Å². The Morgan fingerprint density at radius 1 is 1.00 bits per heavy atom. The van der Waals surface area contributed by atoms with Gasteiger partial charge in [0.1, 0.15) is 6.10 Å². The third-order valence-corrected chi connectivity index (χ3v) is 5.03. The van der Waals surface area contributed by atoms with Gasteiger partial charge in [0.15, 0.2) is 0 Å². The van der Waals surface area contributed by atoms with Gasteiger partial charge < -0.3 is 20.2 Å². The molecule has 0 saturated carbocycles. The molecule has 8 heteroatoms. The molecule has 2 aliphatic rings. The molecule has 2 fully saturated rings. The minimum Gasteiger partial charge on any atom is -0.389 e. The van der Waals surface area contributed by atoms with E-state index in [-0.39, 0.29) is 24.7 Å². The molecule has 0 radical (unpaired) electrons. The lowest BCUT2D eigenvalue weighted by Crippen LogP contribution is -2.56. The van der Waals surface area contributed by atoms with Crippen molar-refractivity contribution in [2.45, 2.75) is 30.9 Å². The number of para-hydroxylation sites is 1. The molecule has 2 unspecified atom stereocenters. The van der Waals surface area contributed by atoms with Gasteiger partial charge in [-0.1, -0.05) is 12.1 Å². The fourth-order valence-corrected chi connectivity index (χ4v) is 3.78. The lowest BCUT2D eigenvalue weighted by molar-refractivity contribution is -0.137. The Morgan fingerprint density at radius 2 is 1.64 bits per heavy atom. The van der Waals surface area contributed by atoms with E-state index in [0.717, 1.165) is 12.5 Å². The lowest BCUT2D eigenvalue weighted by atomic mass is 10.00. The molecular weight excluding hydrogens is 337 g/mol. The van der Waals surface area contributed by atoms with Crippen molar-refractivity contribution >= 4 is 5.69 Å². The summed E-state index contributed by atoms with van der Waals surface area (Å²) in [6, 6.07) is 5.59. The minimum absolute atomic E-state index is 0.149. The van der Waals surface area contributed by atoms with E-state index in [1.807, 2.05) is 4.90 Å². The van der Waals surface area contributed by atoms with Gasteiger partial charge in [0.2, 0.25) is 0 Å². The van der Waals surface area contributed by atoms with E-state index in [0.29, 0.717) is 19.6 Å². The van der Waals surface area contributed by atoms with Crippen LogP contribution in [0.25, 0.3) is 0 Å². The maximum Gasteiger partial charge on any atom is 0.418 e. The van der Waals surface area contributed by atoms with E-state index in [2.05, 4.69) is 0 Å². The highest BCUT2D eigenvalue weighted by atomic mass is 19.4. The second-order valence-corrected chi connectivity index (χ2v) is 6.96. The predicted molar refractivity (Wildman–Crippen MR) is 86.2 cm³/mol. The van der Waals surface area contributed by atoms with Crippen LogP contribution in [-0.2, 0) is 6.18 Å². The van der Waals surface area contributed by atoms with Crippen molar-refractivity contribution in [3.63, 3.8) is 0 Å². The standard InChI is InChI=1S/C17H23F3N2O3/c18-17(19,20)12-3-1-2-4-13(12)22-6-5-11(8-22)7-21-9-14(23)16(25)15(24)10-21/h1-4,11,14-16,23-25H,5-10H2/t11-,14?,15?,16?/m0/s1. The largest absolute Gasteiger partial charge is 0.418 e. The summed E-state index contributed by atoms with van der Waals surface area (Å²) in [5, 5.41) is 29.1. The van der Waals surface area contributed by atoms with Gasteiger partial charge in [0.25, 0.3) is 0 Å². The molecule has 2 aliphatic heterocycles. The summed E-state index contributed by atoms with van der Waals surface area (Å²) in [5.41, 5.74) is -0.422. The number of hydrogen-bond donors (Lipinski definition) is 3. The van der Waals surface area contributed by atoms with Crippen LogP contribution < -0.4 is 4.90 Å². The van der Waals surface area contributed by atoms with Gasteiger partial charge in [0, 0.05) is 38.4 Å². The summed E-state index contributed by atoms with van der Waals surface area (Å²) >= 11 is 0. The smallest absolute Gasteiger partial charge is 0.389 e. The van der Waals surface area contributed by atoms with Gasteiger partial charge >= 0.3 is 6.18 Å². The number of likely N-dealkylation sites (tertiary alicyclic amines) is 1. The van der Waals surface area contributed by atoms with Crippen molar-refractivity contribution in [3.8, 4) is 0 Å². The van der Waals surface area contributed by atoms with Crippen molar-refractivity contribution in [2.24, 2.45) is 5.92 Å². The van der Waals surface area contributed by atoms with Crippen LogP contribution >= 0.6 is 0 Å². The molecular formula is C17H23F3N2O3. The summed E-state index contributed by atoms with van der Waals surface area (Å²) < 4.78 is 39.5. The molecule has 140 valence electrons. The normalized spacial score (nSPS) is 31.5. The second-order valence-electron chi connectivity index (χ2n) is 6.96. The molecule has 1 aromatic rings. The van der Waals surface area contributed by atoms with Gasteiger partial charge in [-0.25, -0.2) is 0 Å². The van der Waals surface area contributed by atoms with E-state index in [1.54, 1.807) is 11.0 Å². The van der Waals surface area contributed by atoms with Crippen LogP contribution in [0.2, 0.25) is 0 Å². The maximum absolute atomic E-state index is 13.2. The third kappa shape index (κ3) is 4.08. The zero-order valence-electron chi connectivity index (χ0n) is 13.7. The molecule has 3 atom stereocenters. The van der Waals surface area contributed by atoms with Crippen LogP contribution in [0.4, 0.5) is 18.9 Å². The number of alkyl halides is 3. The Morgan fingerprint density at radius 3 is 2.28 bits per heavy atom. The van der Waals surface area contributed by atoms with Crippen LogP contribution in [0.3, 0.4) is 0 Å². The Hall–Kier alpha value is -1.35. The van der Waals surface area contributed by atoms with E-state index >= 15 is 0 Å². The van der Waals surface area contributed by atoms with Crippen molar-refractivity contribution in [1.29, 1.82) is 0 Å². The summed E-state index contributed by atoms with van der Waals surface area (Å²) in [5.74, 6) is 0.149. The summed E-state index contributed by atoms with van der Waals surface area (Å²) in [6.07, 6.45) is -6.79. The second kappa shape index (κ2) is 7.11. The van der Waals surface area contributed by atoms with Crippen molar-refractivity contribution in [2.75, 3.05) is 37.6 Å². The average molecular weight is 360 g/mol. The molecule has 0 spiro atoms.